The number of methoxy groups -OCH3 is 1. The lowest BCUT2D eigenvalue weighted by Crippen LogP contribution is -2.28. The van der Waals surface area contributed by atoms with Crippen LogP contribution >= 0.6 is 9.24 Å². The molecule has 4 aromatic rings. The zero-order valence-electron chi connectivity index (χ0n) is 22.1. The number of hydrogen-bond donors (Lipinski definition) is 0. The van der Waals surface area contributed by atoms with Gasteiger partial charge in [-0.3, -0.25) is 9.59 Å². The molecule has 3 heterocycles. The van der Waals surface area contributed by atoms with Gasteiger partial charge in [-0.05, 0) is 48.3 Å². The highest BCUT2D eigenvalue weighted by molar-refractivity contribution is 7.27. The van der Waals surface area contributed by atoms with Crippen molar-refractivity contribution < 1.29 is 18.7 Å². The van der Waals surface area contributed by atoms with Crippen LogP contribution in [0.4, 0.5) is 10.1 Å². The first kappa shape index (κ1) is 25.7. The Kier molecular flexibility index (Phi) is 6.72. The highest BCUT2D eigenvalue weighted by Crippen LogP contribution is 2.43. The Hall–Kier alpha value is -3.57. The van der Waals surface area contributed by atoms with Gasteiger partial charge in [0.25, 0.3) is 0 Å². The molecule has 1 unspecified atom stereocenters. The molecule has 1 aliphatic heterocycles. The number of amides is 1. The number of nitrogens with zero attached hydrogens (tertiary/aromatic N) is 3. The van der Waals surface area contributed by atoms with E-state index in [4.69, 9.17) is 9.72 Å². The van der Waals surface area contributed by atoms with E-state index in [9.17, 15) is 9.59 Å². The van der Waals surface area contributed by atoms with Gasteiger partial charge in [0.05, 0.1) is 24.4 Å². The standard InChI is InChI=1S/C31H31FN3O3P/c1-3-18-6-8-20(9-7-18)27(36)15-22-23(29-24(32)13-21(38-2)14-28(29)39)16-35(31(22)37)26-5-4-12-34-17-25(19-10-11-19)33-30(26)34/h4-9,12-14,17,19,22-23H,3,10-11,15-16,39H2,1-2H3/t22-,23+/m0/s1. The fourth-order valence-corrected chi connectivity index (χ4v) is 6.21. The third kappa shape index (κ3) is 4.74. The van der Waals surface area contributed by atoms with Crippen LogP contribution in [0.15, 0.2) is 60.9 Å². The lowest BCUT2D eigenvalue weighted by Gasteiger charge is -2.20. The summed E-state index contributed by atoms with van der Waals surface area (Å²) < 4.78 is 22.8. The topological polar surface area (TPSA) is 63.9 Å². The molecule has 0 radical (unpaired) electrons. The van der Waals surface area contributed by atoms with Gasteiger partial charge in [0.1, 0.15) is 11.6 Å². The molecule has 0 spiro atoms. The van der Waals surface area contributed by atoms with Gasteiger partial charge < -0.3 is 14.0 Å². The number of hydrogen-bond acceptors (Lipinski definition) is 4. The van der Waals surface area contributed by atoms with E-state index in [2.05, 4.69) is 16.2 Å². The van der Waals surface area contributed by atoms with E-state index in [1.165, 1.54) is 13.2 Å². The average Bonchev–Trinajstić information content (AvgIpc) is 3.63. The minimum atomic E-state index is -0.719. The molecule has 2 aliphatic rings. The molecule has 3 atom stereocenters. The lowest BCUT2D eigenvalue weighted by molar-refractivity contribution is -0.120. The van der Waals surface area contributed by atoms with E-state index < -0.39 is 17.7 Å². The van der Waals surface area contributed by atoms with Gasteiger partial charge in [0.2, 0.25) is 5.91 Å². The summed E-state index contributed by atoms with van der Waals surface area (Å²) in [5, 5.41) is 0.617. The zero-order valence-corrected chi connectivity index (χ0v) is 23.2. The number of halogens is 1. The Morgan fingerprint density at radius 2 is 1.95 bits per heavy atom. The van der Waals surface area contributed by atoms with E-state index in [0.717, 1.165) is 30.5 Å². The quantitative estimate of drug-likeness (QED) is 0.219. The first-order chi connectivity index (χ1) is 18.9. The van der Waals surface area contributed by atoms with Gasteiger partial charge in [-0.1, -0.05) is 31.2 Å². The number of pyridine rings is 1. The molecule has 6 rings (SSSR count). The van der Waals surface area contributed by atoms with Gasteiger partial charge in [0, 0.05) is 54.4 Å². The maximum absolute atomic E-state index is 15.6. The van der Waals surface area contributed by atoms with Crippen molar-refractivity contribution in [2.24, 2.45) is 5.92 Å². The number of rotatable bonds is 8. The summed E-state index contributed by atoms with van der Waals surface area (Å²) in [5.41, 5.74) is 4.53. The second-order valence-corrected chi connectivity index (χ2v) is 11.1. The number of Topliss-reactive ketones (excluding diaryl/α,β-unsaturated/α-hetero) is 1. The van der Waals surface area contributed by atoms with Crippen molar-refractivity contribution in [3.8, 4) is 5.75 Å². The maximum atomic E-state index is 15.6. The van der Waals surface area contributed by atoms with Crippen LogP contribution in [0.5, 0.6) is 5.75 Å². The molecule has 2 fully saturated rings. The number of aryl methyl sites for hydroxylation is 1. The van der Waals surface area contributed by atoms with Crippen molar-refractivity contribution in [3.05, 3.63) is 89.1 Å². The third-order valence-corrected chi connectivity index (χ3v) is 8.52. The fourth-order valence-electron chi connectivity index (χ4n) is 5.70. The molecule has 1 saturated carbocycles. The normalized spacial score (nSPS) is 19.2. The number of aromatic nitrogens is 2. The van der Waals surface area contributed by atoms with Gasteiger partial charge in [0.15, 0.2) is 11.4 Å². The van der Waals surface area contributed by atoms with Crippen molar-refractivity contribution in [1.29, 1.82) is 0 Å². The SMILES string of the molecule is CCc1ccc(C(=O)C[C@@H]2C(=O)N(c3cccn4cc(C5CC5)nc34)C[C@H]2c2c(F)cc(OC)cc2P)cc1. The average molecular weight is 544 g/mol. The first-order valence-electron chi connectivity index (χ1n) is 13.4. The summed E-state index contributed by atoms with van der Waals surface area (Å²) in [6.07, 6.45) is 7.08. The molecule has 0 N–H and O–H groups in total. The van der Waals surface area contributed by atoms with E-state index in [1.807, 2.05) is 53.2 Å². The van der Waals surface area contributed by atoms with Crippen molar-refractivity contribution >= 4 is 37.6 Å². The predicted octanol–water partition coefficient (Wildman–Crippen LogP) is 5.44. The summed E-state index contributed by atoms with van der Waals surface area (Å²) in [6.45, 7) is 2.31. The van der Waals surface area contributed by atoms with Crippen LogP contribution < -0.4 is 14.9 Å². The molecule has 0 bridgehead atoms. The summed E-state index contributed by atoms with van der Waals surface area (Å²) in [4.78, 5) is 34.1. The number of imidazole rings is 1. The van der Waals surface area contributed by atoms with Crippen LogP contribution in [0.3, 0.4) is 0 Å². The first-order valence-corrected chi connectivity index (χ1v) is 14.0. The fraction of sp³-hybridized carbons (Fsp3) is 0.323. The minimum Gasteiger partial charge on any atom is -0.497 e. The lowest BCUT2D eigenvalue weighted by atomic mass is 9.83. The largest absolute Gasteiger partial charge is 0.497 e. The van der Waals surface area contributed by atoms with Crippen LogP contribution in [0.1, 0.15) is 65.2 Å². The Bertz CT molecular complexity index is 1550. The molecule has 200 valence electrons. The van der Waals surface area contributed by atoms with Crippen LogP contribution in [0.2, 0.25) is 0 Å². The van der Waals surface area contributed by atoms with Crippen LogP contribution in [0, 0.1) is 11.7 Å². The second kappa shape index (κ2) is 10.2. The number of ketones is 1. The minimum absolute atomic E-state index is 0.00800. The summed E-state index contributed by atoms with van der Waals surface area (Å²) in [7, 11) is 4.07. The number of fused-ring (bicyclic) bond motifs is 1. The number of benzene rings is 2. The van der Waals surface area contributed by atoms with Crippen molar-refractivity contribution in [2.75, 3.05) is 18.6 Å². The maximum Gasteiger partial charge on any atom is 0.231 e. The van der Waals surface area contributed by atoms with E-state index in [0.29, 0.717) is 39.4 Å². The van der Waals surface area contributed by atoms with Gasteiger partial charge in [-0.25, -0.2) is 9.37 Å². The summed E-state index contributed by atoms with van der Waals surface area (Å²) >= 11 is 0. The Morgan fingerprint density at radius 3 is 2.62 bits per heavy atom. The molecule has 1 saturated heterocycles. The van der Waals surface area contributed by atoms with Crippen molar-refractivity contribution in [3.63, 3.8) is 0 Å². The Balaban J connectivity index is 1.40. The second-order valence-electron chi connectivity index (χ2n) is 10.5. The summed E-state index contributed by atoms with van der Waals surface area (Å²) in [5.74, 6) is -1.13. The molecule has 39 heavy (non-hydrogen) atoms. The molecule has 6 nitrogen and oxygen atoms in total. The van der Waals surface area contributed by atoms with E-state index >= 15 is 4.39 Å². The summed E-state index contributed by atoms with van der Waals surface area (Å²) in [6, 6.07) is 14.4. The molecular formula is C31H31FN3O3P. The molecule has 1 aliphatic carbocycles. The van der Waals surface area contributed by atoms with Crippen molar-refractivity contribution in [1.82, 2.24) is 9.38 Å². The van der Waals surface area contributed by atoms with Crippen LogP contribution in [-0.2, 0) is 11.2 Å². The van der Waals surface area contributed by atoms with E-state index in [1.54, 1.807) is 11.0 Å². The predicted molar refractivity (Wildman–Crippen MR) is 153 cm³/mol. The van der Waals surface area contributed by atoms with Crippen LogP contribution in [-0.4, -0.2) is 34.7 Å². The van der Waals surface area contributed by atoms with E-state index in [-0.39, 0.29) is 24.7 Å². The number of carbonyl (C=O) groups excluding carboxylic acids is 2. The monoisotopic (exact) mass is 543 g/mol. The molecule has 8 heteroatoms. The van der Waals surface area contributed by atoms with Gasteiger partial charge in [-0.15, -0.1) is 9.24 Å². The molecule has 1 amide bonds. The number of ether oxygens (including phenoxy) is 1. The Morgan fingerprint density at radius 1 is 1.18 bits per heavy atom. The third-order valence-electron chi connectivity index (χ3n) is 8.05. The van der Waals surface area contributed by atoms with Crippen LogP contribution in [0.25, 0.3) is 5.65 Å². The Labute approximate surface area is 229 Å². The van der Waals surface area contributed by atoms with Gasteiger partial charge in [-0.2, -0.15) is 0 Å². The zero-order chi connectivity index (χ0) is 27.3. The molecule has 2 aromatic carbocycles. The smallest absolute Gasteiger partial charge is 0.231 e. The van der Waals surface area contributed by atoms with Crippen molar-refractivity contribution in [2.45, 2.75) is 44.4 Å². The molecular weight excluding hydrogens is 512 g/mol. The highest BCUT2D eigenvalue weighted by Gasteiger charge is 2.45. The number of anilines is 1. The number of carbonyl (C=O) groups is 2. The van der Waals surface area contributed by atoms with Gasteiger partial charge >= 0.3 is 0 Å². The molecule has 2 aromatic heterocycles. The highest BCUT2D eigenvalue weighted by atomic mass is 31.0.